The molecule has 118 valence electrons. The van der Waals surface area contributed by atoms with Crippen LogP contribution < -0.4 is 19.9 Å². The maximum Gasteiger partial charge on any atom is 0.313 e. The van der Waals surface area contributed by atoms with E-state index >= 15 is 0 Å². The van der Waals surface area contributed by atoms with Gasteiger partial charge in [0.05, 0.1) is 33.9 Å². The molecule has 0 amide bonds. The van der Waals surface area contributed by atoms with Crippen molar-refractivity contribution in [1.29, 1.82) is 0 Å². The quantitative estimate of drug-likeness (QED) is 0.808. The van der Waals surface area contributed by atoms with E-state index in [1.54, 1.807) is 26.0 Å². The van der Waals surface area contributed by atoms with Gasteiger partial charge in [-0.25, -0.2) is 0 Å². The first-order chi connectivity index (χ1) is 9.83. The van der Waals surface area contributed by atoms with Crippen LogP contribution >= 0.6 is 0 Å². The van der Waals surface area contributed by atoms with Crippen molar-refractivity contribution in [2.75, 3.05) is 28.4 Å². The van der Waals surface area contributed by atoms with Crippen molar-refractivity contribution < 1.29 is 23.7 Å². The second-order valence-corrected chi connectivity index (χ2v) is 5.14. The first kappa shape index (κ1) is 17.1. The van der Waals surface area contributed by atoms with Gasteiger partial charge in [-0.05, 0) is 19.9 Å². The highest BCUT2D eigenvalue weighted by Crippen LogP contribution is 2.42. The smallest absolute Gasteiger partial charge is 0.313 e. The van der Waals surface area contributed by atoms with Crippen LogP contribution in [0.5, 0.6) is 17.2 Å². The van der Waals surface area contributed by atoms with E-state index in [0.29, 0.717) is 22.8 Å². The number of ether oxygens (including phenoxy) is 4. The second-order valence-electron chi connectivity index (χ2n) is 5.14. The standard InChI is InChI=1S/C15H23NO5/c1-15(2,14(17)21-6)13(16)9-7-11(19-4)12(20-5)8-10(9)18-3/h7-8,13H,16H2,1-6H3/t13-/m1/s1. The molecule has 0 unspecified atom stereocenters. The lowest BCUT2D eigenvalue weighted by molar-refractivity contribution is -0.152. The number of esters is 1. The van der Waals surface area contributed by atoms with Crippen molar-refractivity contribution in [3.63, 3.8) is 0 Å². The molecular weight excluding hydrogens is 274 g/mol. The van der Waals surface area contributed by atoms with Crippen molar-refractivity contribution in [1.82, 2.24) is 0 Å². The molecule has 0 aromatic heterocycles. The first-order valence-corrected chi connectivity index (χ1v) is 6.47. The highest BCUT2D eigenvalue weighted by atomic mass is 16.5. The van der Waals surface area contributed by atoms with Gasteiger partial charge < -0.3 is 24.7 Å². The van der Waals surface area contributed by atoms with Gasteiger partial charge in [-0.1, -0.05) is 0 Å². The van der Waals surface area contributed by atoms with Gasteiger partial charge in [-0.15, -0.1) is 0 Å². The number of carbonyl (C=O) groups excluding carboxylic acids is 1. The summed E-state index contributed by atoms with van der Waals surface area (Å²) in [6.07, 6.45) is 0. The highest BCUT2D eigenvalue weighted by Gasteiger charge is 2.38. The summed E-state index contributed by atoms with van der Waals surface area (Å²) >= 11 is 0. The number of hydrogen-bond acceptors (Lipinski definition) is 6. The van der Waals surface area contributed by atoms with Crippen molar-refractivity contribution in [2.24, 2.45) is 11.1 Å². The number of rotatable bonds is 6. The number of benzene rings is 1. The lowest BCUT2D eigenvalue weighted by Gasteiger charge is -2.30. The lowest BCUT2D eigenvalue weighted by atomic mass is 9.80. The summed E-state index contributed by atoms with van der Waals surface area (Å²) in [4.78, 5) is 11.9. The van der Waals surface area contributed by atoms with Crippen LogP contribution in [-0.2, 0) is 9.53 Å². The fourth-order valence-electron chi connectivity index (χ4n) is 2.07. The molecule has 0 saturated heterocycles. The minimum atomic E-state index is -0.915. The third kappa shape index (κ3) is 3.21. The monoisotopic (exact) mass is 297 g/mol. The zero-order chi connectivity index (χ0) is 16.2. The Morgan fingerprint density at radius 3 is 1.90 bits per heavy atom. The zero-order valence-corrected chi connectivity index (χ0v) is 13.4. The Labute approximate surface area is 125 Å². The summed E-state index contributed by atoms with van der Waals surface area (Å²) in [5.74, 6) is 1.18. The molecule has 0 fully saturated rings. The third-order valence-electron chi connectivity index (χ3n) is 3.56. The Hall–Kier alpha value is -1.95. The molecule has 1 aromatic carbocycles. The molecular formula is C15H23NO5. The van der Waals surface area contributed by atoms with E-state index in [1.165, 1.54) is 28.4 Å². The Morgan fingerprint density at radius 1 is 1.00 bits per heavy atom. The van der Waals surface area contributed by atoms with Crippen LogP contribution in [0.15, 0.2) is 12.1 Å². The third-order valence-corrected chi connectivity index (χ3v) is 3.56. The van der Waals surface area contributed by atoms with Crippen molar-refractivity contribution in [3.8, 4) is 17.2 Å². The molecule has 21 heavy (non-hydrogen) atoms. The fourth-order valence-corrected chi connectivity index (χ4v) is 2.07. The van der Waals surface area contributed by atoms with E-state index in [4.69, 9.17) is 24.7 Å². The van der Waals surface area contributed by atoms with Crippen LogP contribution in [0.3, 0.4) is 0 Å². The molecule has 1 aromatic rings. The summed E-state index contributed by atoms with van der Waals surface area (Å²) in [7, 11) is 5.94. The number of carbonyl (C=O) groups is 1. The molecule has 0 aliphatic carbocycles. The van der Waals surface area contributed by atoms with Gasteiger partial charge in [-0.2, -0.15) is 0 Å². The molecule has 0 saturated carbocycles. The van der Waals surface area contributed by atoms with Crippen LogP contribution in [0.4, 0.5) is 0 Å². The number of hydrogen-bond donors (Lipinski definition) is 1. The van der Waals surface area contributed by atoms with E-state index in [2.05, 4.69) is 0 Å². The average molecular weight is 297 g/mol. The molecule has 0 spiro atoms. The Balaban J connectivity index is 3.37. The summed E-state index contributed by atoms with van der Waals surface area (Å²) in [6, 6.07) is 2.77. The molecule has 1 atom stereocenters. The van der Waals surface area contributed by atoms with Gasteiger partial charge in [0.1, 0.15) is 5.75 Å². The van der Waals surface area contributed by atoms with Gasteiger partial charge in [-0.3, -0.25) is 4.79 Å². The Kier molecular flexibility index (Phi) is 5.43. The molecule has 0 aliphatic heterocycles. The van der Waals surface area contributed by atoms with Crippen molar-refractivity contribution in [2.45, 2.75) is 19.9 Å². The summed E-state index contributed by atoms with van der Waals surface area (Å²) in [5.41, 5.74) is 5.99. The molecule has 1 rings (SSSR count). The minimum absolute atomic E-state index is 0.396. The first-order valence-electron chi connectivity index (χ1n) is 6.47. The topological polar surface area (TPSA) is 80.0 Å². The molecule has 0 heterocycles. The molecule has 6 heteroatoms. The van der Waals surface area contributed by atoms with E-state index in [0.717, 1.165) is 0 Å². The predicted molar refractivity (Wildman–Crippen MR) is 78.8 cm³/mol. The second kappa shape index (κ2) is 6.67. The van der Waals surface area contributed by atoms with Crippen LogP contribution in [0.25, 0.3) is 0 Å². The largest absolute Gasteiger partial charge is 0.496 e. The van der Waals surface area contributed by atoms with Crippen LogP contribution in [0, 0.1) is 5.41 Å². The van der Waals surface area contributed by atoms with Crippen molar-refractivity contribution in [3.05, 3.63) is 17.7 Å². The van der Waals surface area contributed by atoms with Crippen LogP contribution in [-0.4, -0.2) is 34.4 Å². The molecule has 0 aliphatic rings. The van der Waals surface area contributed by atoms with Gasteiger partial charge in [0.2, 0.25) is 0 Å². The van der Waals surface area contributed by atoms with E-state index in [1.807, 2.05) is 0 Å². The molecule has 0 radical (unpaired) electrons. The lowest BCUT2D eigenvalue weighted by Crippen LogP contribution is -2.37. The fraction of sp³-hybridized carbons (Fsp3) is 0.533. The van der Waals surface area contributed by atoms with Gasteiger partial charge >= 0.3 is 5.97 Å². The minimum Gasteiger partial charge on any atom is -0.496 e. The number of methoxy groups -OCH3 is 4. The van der Waals surface area contributed by atoms with Crippen LogP contribution in [0.1, 0.15) is 25.5 Å². The molecule has 2 N–H and O–H groups in total. The summed E-state index contributed by atoms with van der Waals surface area (Å²) < 4.78 is 20.7. The van der Waals surface area contributed by atoms with Crippen LogP contribution in [0.2, 0.25) is 0 Å². The highest BCUT2D eigenvalue weighted by molar-refractivity contribution is 5.77. The van der Waals surface area contributed by atoms with Gasteiger partial charge in [0, 0.05) is 17.7 Å². The molecule has 0 bridgehead atoms. The normalized spacial score (nSPS) is 12.5. The average Bonchev–Trinajstić information content (AvgIpc) is 2.51. The predicted octanol–water partition coefficient (Wildman–Crippen LogP) is 1.91. The Bertz CT molecular complexity index is 513. The number of nitrogens with two attached hydrogens (primary N) is 1. The maximum absolute atomic E-state index is 11.9. The Morgan fingerprint density at radius 2 is 1.48 bits per heavy atom. The zero-order valence-electron chi connectivity index (χ0n) is 13.4. The summed E-state index contributed by atoms with van der Waals surface area (Å²) in [5, 5.41) is 0. The maximum atomic E-state index is 11.9. The SMILES string of the molecule is COC(=O)C(C)(C)[C@H](N)c1cc(OC)c(OC)cc1OC. The van der Waals surface area contributed by atoms with E-state index < -0.39 is 17.4 Å². The van der Waals surface area contributed by atoms with E-state index in [9.17, 15) is 4.79 Å². The molecule has 6 nitrogen and oxygen atoms in total. The van der Waals surface area contributed by atoms with Crippen molar-refractivity contribution >= 4 is 5.97 Å². The summed E-state index contributed by atoms with van der Waals surface area (Å²) in [6.45, 7) is 3.44. The van der Waals surface area contributed by atoms with Gasteiger partial charge in [0.15, 0.2) is 11.5 Å². The van der Waals surface area contributed by atoms with Gasteiger partial charge in [0.25, 0.3) is 0 Å². The van der Waals surface area contributed by atoms with E-state index in [-0.39, 0.29) is 0 Å².